The molecule has 1 saturated carbocycles. The molecule has 0 aliphatic heterocycles. The van der Waals surface area contributed by atoms with Crippen LogP contribution in [0.4, 0.5) is 0 Å². The molecule has 0 aromatic carbocycles. The molecule has 2 nitrogen and oxygen atoms in total. The highest BCUT2D eigenvalue weighted by atomic mass is 32.1. The van der Waals surface area contributed by atoms with Gasteiger partial charge < -0.3 is 10.2 Å². The summed E-state index contributed by atoms with van der Waals surface area (Å²) in [5.41, 5.74) is 0. The van der Waals surface area contributed by atoms with Crippen LogP contribution < -0.4 is 5.32 Å². The van der Waals surface area contributed by atoms with Crippen molar-refractivity contribution < 1.29 is 0 Å². The molecule has 1 rings (SSSR count). The van der Waals surface area contributed by atoms with Crippen LogP contribution in [0, 0.1) is 11.8 Å². The first-order chi connectivity index (χ1) is 8.00. The molecule has 1 fully saturated rings. The van der Waals surface area contributed by atoms with Gasteiger partial charge in [0, 0.05) is 19.1 Å². The molecule has 0 atom stereocenters. The molecule has 1 N–H and O–H groups in total. The van der Waals surface area contributed by atoms with Crippen molar-refractivity contribution in [1.82, 2.24) is 10.2 Å². The predicted molar refractivity (Wildman–Crippen MR) is 79.2 cm³/mol. The van der Waals surface area contributed by atoms with Gasteiger partial charge in [-0.05, 0) is 36.9 Å². The zero-order chi connectivity index (χ0) is 12.8. The molecule has 17 heavy (non-hydrogen) atoms. The third kappa shape index (κ3) is 5.24. The van der Waals surface area contributed by atoms with E-state index in [9.17, 15) is 0 Å². The standard InChI is InChI=1S/C14H28N2S/c1-11(2)9-15-14(17)16(10-12(3)4)13-7-5-6-8-13/h11-13H,5-10H2,1-4H3,(H,15,17). The van der Waals surface area contributed by atoms with Crippen molar-refractivity contribution in [2.75, 3.05) is 13.1 Å². The first kappa shape index (κ1) is 14.7. The maximum absolute atomic E-state index is 5.56. The van der Waals surface area contributed by atoms with Gasteiger partial charge in [0.15, 0.2) is 5.11 Å². The molecule has 0 aromatic rings. The molecule has 100 valence electrons. The average molecular weight is 256 g/mol. The molecule has 0 amide bonds. The van der Waals surface area contributed by atoms with Crippen molar-refractivity contribution in [1.29, 1.82) is 0 Å². The van der Waals surface area contributed by atoms with Gasteiger partial charge in [0.2, 0.25) is 0 Å². The Morgan fingerprint density at radius 2 is 1.76 bits per heavy atom. The van der Waals surface area contributed by atoms with Crippen molar-refractivity contribution in [2.24, 2.45) is 11.8 Å². The molecule has 1 aliphatic carbocycles. The summed E-state index contributed by atoms with van der Waals surface area (Å²) in [6.45, 7) is 11.1. The third-order valence-corrected chi connectivity index (χ3v) is 3.63. The van der Waals surface area contributed by atoms with E-state index in [1.165, 1.54) is 25.7 Å². The Bertz CT molecular complexity index is 232. The molecular weight excluding hydrogens is 228 g/mol. The molecule has 0 spiro atoms. The zero-order valence-electron chi connectivity index (χ0n) is 11.8. The SMILES string of the molecule is CC(C)CNC(=S)N(CC(C)C)C1CCCC1. The van der Waals surface area contributed by atoms with Gasteiger partial charge in [0.1, 0.15) is 0 Å². The fourth-order valence-electron chi connectivity index (χ4n) is 2.40. The molecule has 0 heterocycles. The van der Waals surface area contributed by atoms with E-state index in [1.807, 2.05) is 0 Å². The van der Waals surface area contributed by atoms with Gasteiger partial charge in [-0.15, -0.1) is 0 Å². The Morgan fingerprint density at radius 1 is 1.18 bits per heavy atom. The van der Waals surface area contributed by atoms with Crippen LogP contribution in [-0.4, -0.2) is 29.1 Å². The van der Waals surface area contributed by atoms with Gasteiger partial charge in [-0.25, -0.2) is 0 Å². The van der Waals surface area contributed by atoms with Crippen molar-refractivity contribution in [3.05, 3.63) is 0 Å². The van der Waals surface area contributed by atoms with E-state index in [0.29, 0.717) is 17.9 Å². The van der Waals surface area contributed by atoms with Gasteiger partial charge in [-0.2, -0.15) is 0 Å². The topological polar surface area (TPSA) is 15.3 Å². The van der Waals surface area contributed by atoms with E-state index in [-0.39, 0.29) is 0 Å². The minimum absolute atomic E-state index is 0.650. The number of nitrogens with zero attached hydrogens (tertiary/aromatic N) is 1. The summed E-state index contributed by atoms with van der Waals surface area (Å²) in [4.78, 5) is 2.44. The lowest BCUT2D eigenvalue weighted by atomic mass is 10.1. The van der Waals surface area contributed by atoms with Gasteiger partial charge >= 0.3 is 0 Å². The van der Waals surface area contributed by atoms with Crippen molar-refractivity contribution in [3.8, 4) is 0 Å². The van der Waals surface area contributed by atoms with Gasteiger partial charge in [0.25, 0.3) is 0 Å². The highest BCUT2D eigenvalue weighted by molar-refractivity contribution is 7.80. The monoisotopic (exact) mass is 256 g/mol. The zero-order valence-corrected chi connectivity index (χ0v) is 12.6. The smallest absolute Gasteiger partial charge is 0.169 e. The largest absolute Gasteiger partial charge is 0.362 e. The van der Waals surface area contributed by atoms with E-state index in [0.717, 1.165) is 18.2 Å². The van der Waals surface area contributed by atoms with Crippen molar-refractivity contribution in [3.63, 3.8) is 0 Å². The molecule has 0 saturated heterocycles. The first-order valence-corrected chi connectivity index (χ1v) is 7.46. The number of thiocarbonyl (C=S) groups is 1. The van der Waals surface area contributed by atoms with E-state index in [4.69, 9.17) is 12.2 Å². The summed E-state index contributed by atoms with van der Waals surface area (Å²) in [5.74, 6) is 1.33. The maximum atomic E-state index is 5.56. The predicted octanol–water partition coefficient (Wildman–Crippen LogP) is 3.42. The third-order valence-electron chi connectivity index (χ3n) is 3.25. The Kier molecular flexibility index (Phi) is 6.24. The Hall–Kier alpha value is -0.310. The normalized spacial score (nSPS) is 16.8. The molecular formula is C14H28N2S. The Morgan fingerprint density at radius 3 is 2.24 bits per heavy atom. The number of nitrogens with one attached hydrogen (secondary N) is 1. The maximum Gasteiger partial charge on any atom is 0.169 e. The lowest BCUT2D eigenvalue weighted by molar-refractivity contribution is 0.279. The molecule has 0 radical (unpaired) electrons. The van der Waals surface area contributed by atoms with Gasteiger partial charge in [-0.1, -0.05) is 40.5 Å². The lowest BCUT2D eigenvalue weighted by Gasteiger charge is -2.33. The molecule has 0 unspecified atom stereocenters. The van der Waals surface area contributed by atoms with Crippen molar-refractivity contribution in [2.45, 2.75) is 59.4 Å². The van der Waals surface area contributed by atoms with Crippen LogP contribution in [0.2, 0.25) is 0 Å². The van der Waals surface area contributed by atoms with Crippen LogP contribution in [0.1, 0.15) is 53.4 Å². The van der Waals surface area contributed by atoms with Crippen LogP contribution in [-0.2, 0) is 0 Å². The number of hydrogen-bond donors (Lipinski definition) is 1. The Labute approximate surface area is 112 Å². The number of hydrogen-bond acceptors (Lipinski definition) is 1. The van der Waals surface area contributed by atoms with E-state index in [2.05, 4.69) is 37.9 Å². The molecule has 0 aromatic heterocycles. The lowest BCUT2D eigenvalue weighted by Crippen LogP contribution is -2.47. The Balaban J connectivity index is 2.51. The summed E-state index contributed by atoms with van der Waals surface area (Å²) >= 11 is 5.56. The average Bonchev–Trinajstić information content (AvgIpc) is 2.75. The summed E-state index contributed by atoms with van der Waals surface area (Å²) < 4.78 is 0. The van der Waals surface area contributed by atoms with Crippen molar-refractivity contribution >= 4 is 17.3 Å². The van der Waals surface area contributed by atoms with E-state index >= 15 is 0 Å². The van der Waals surface area contributed by atoms with Gasteiger partial charge in [0.05, 0.1) is 0 Å². The molecule has 3 heteroatoms. The second-order valence-electron chi connectivity index (χ2n) is 6.06. The minimum atomic E-state index is 0.650. The van der Waals surface area contributed by atoms with E-state index in [1.54, 1.807) is 0 Å². The van der Waals surface area contributed by atoms with Crippen LogP contribution in [0.5, 0.6) is 0 Å². The summed E-state index contributed by atoms with van der Waals surface area (Å²) in [6.07, 6.45) is 5.37. The second-order valence-corrected chi connectivity index (χ2v) is 6.45. The van der Waals surface area contributed by atoms with Crippen LogP contribution in [0.25, 0.3) is 0 Å². The fourth-order valence-corrected chi connectivity index (χ4v) is 2.71. The minimum Gasteiger partial charge on any atom is -0.362 e. The van der Waals surface area contributed by atoms with E-state index < -0.39 is 0 Å². The highest BCUT2D eigenvalue weighted by Gasteiger charge is 2.24. The van der Waals surface area contributed by atoms with Gasteiger partial charge in [-0.3, -0.25) is 0 Å². The van der Waals surface area contributed by atoms with Crippen LogP contribution >= 0.6 is 12.2 Å². The molecule has 1 aliphatic rings. The van der Waals surface area contributed by atoms with Crippen LogP contribution in [0.15, 0.2) is 0 Å². The second kappa shape index (κ2) is 7.20. The summed E-state index contributed by atoms with van der Waals surface area (Å²) in [6, 6.07) is 0.685. The fraction of sp³-hybridized carbons (Fsp3) is 0.929. The quantitative estimate of drug-likeness (QED) is 0.759. The molecule has 0 bridgehead atoms. The van der Waals surface area contributed by atoms with Crippen LogP contribution in [0.3, 0.4) is 0 Å². The highest BCUT2D eigenvalue weighted by Crippen LogP contribution is 2.24. The summed E-state index contributed by atoms with van der Waals surface area (Å²) in [7, 11) is 0. The first-order valence-electron chi connectivity index (χ1n) is 7.05. The summed E-state index contributed by atoms with van der Waals surface area (Å²) in [5, 5.41) is 4.39. The number of rotatable bonds is 5.